The van der Waals surface area contributed by atoms with Crippen LogP contribution in [0.5, 0.6) is 0 Å². The van der Waals surface area contributed by atoms with Crippen molar-refractivity contribution in [1.82, 2.24) is 4.57 Å². The Hall–Kier alpha value is -2.30. The number of benzene rings is 1. The minimum absolute atomic E-state index is 0.118. The molecule has 0 unspecified atom stereocenters. The van der Waals surface area contributed by atoms with Gasteiger partial charge >= 0.3 is 12.0 Å². The molecule has 0 saturated carbocycles. The van der Waals surface area contributed by atoms with Crippen molar-refractivity contribution in [1.29, 1.82) is 0 Å². The van der Waals surface area contributed by atoms with E-state index in [0.717, 1.165) is 5.39 Å². The van der Waals surface area contributed by atoms with E-state index in [1.807, 2.05) is 0 Å². The van der Waals surface area contributed by atoms with Crippen molar-refractivity contribution < 1.29 is 14.7 Å². The summed E-state index contributed by atoms with van der Waals surface area (Å²) in [6, 6.07) is 6.53. The molecule has 2 aromatic rings. The monoisotopic (exact) mass is 232 g/mol. The molecule has 17 heavy (non-hydrogen) atoms. The molecule has 0 fully saturated rings. The number of fused-ring (bicyclic) bond motifs is 1. The second-order valence-corrected chi connectivity index (χ2v) is 3.83. The van der Waals surface area contributed by atoms with Gasteiger partial charge in [-0.3, -0.25) is 9.36 Å². The maximum atomic E-state index is 11.4. The Labute approximate surface area is 97.4 Å². The third-order valence-corrected chi connectivity index (χ3v) is 2.79. The van der Waals surface area contributed by atoms with Crippen molar-refractivity contribution in [2.45, 2.75) is 13.3 Å². The third-order valence-electron chi connectivity index (χ3n) is 2.79. The van der Waals surface area contributed by atoms with Gasteiger partial charge in [0.1, 0.15) is 0 Å². The number of carbonyl (C=O) groups excluding carboxylic acids is 1. The summed E-state index contributed by atoms with van der Waals surface area (Å²) in [6.07, 6.45) is -0.118. The number of nitrogens with two attached hydrogens (primary N) is 1. The zero-order valence-corrected chi connectivity index (χ0v) is 9.30. The van der Waals surface area contributed by atoms with Crippen molar-refractivity contribution in [2.75, 3.05) is 0 Å². The van der Waals surface area contributed by atoms with Crippen LogP contribution in [0.2, 0.25) is 0 Å². The minimum atomic E-state index is -0.930. The van der Waals surface area contributed by atoms with Crippen molar-refractivity contribution in [3.63, 3.8) is 0 Å². The van der Waals surface area contributed by atoms with Gasteiger partial charge in [0.15, 0.2) is 0 Å². The van der Waals surface area contributed by atoms with Crippen LogP contribution in [0.4, 0.5) is 4.79 Å². The van der Waals surface area contributed by atoms with E-state index in [4.69, 9.17) is 10.8 Å². The average Bonchev–Trinajstić information content (AvgIpc) is 2.52. The molecule has 0 spiro atoms. The van der Waals surface area contributed by atoms with Crippen molar-refractivity contribution >= 4 is 22.9 Å². The number of amides is 1. The van der Waals surface area contributed by atoms with Gasteiger partial charge in [0.25, 0.3) is 0 Å². The van der Waals surface area contributed by atoms with E-state index in [0.29, 0.717) is 16.8 Å². The number of rotatable bonds is 2. The Morgan fingerprint density at radius 1 is 1.35 bits per heavy atom. The quantitative estimate of drug-likeness (QED) is 0.822. The number of primary amides is 1. The summed E-state index contributed by atoms with van der Waals surface area (Å²) in [4.78, 5) is 22.2. The van der Waals surface area contributed by atoms with Crippen LogP contribution >= 0.6 is 0 Å². The number of hydrogen-bond acceptors (Lipinski definition) is 2. The van der Waals surface area contributed by atoms with Crippen molar-refractivity contribution in [2.24, 2.45) is 5.73 Å². The number of aromatic nitrogens is 1. The Morgan fingerprint density at radius 2 is 2.00 bits per heavy atom. The first-order valence-electron chi connectivity index (χ1n) is 5.13. The maximum absolute atomic E-state index is 11.4. The summed E-state index contributed by atoms with van der Waals surface area (Å²) >= 11 is 0. The molecular formula is C12H12N2O3. The normalized spacial score (nSPS) is 10.6. The smallest absolute Gasteiger partial charge is 0.323 e. The first-order chi connectivity index (χ1) is 8.02. The number of para-hydroxylation sites is 1. The van der Waals surface area contributed by atoms with Crippen LogP contribution in [-0.4, -0.2) is 21.7 Å². The highest BCUT2D eigenvalue weighted by atomic mass is 16.4. The lowest BCUT2D eigenvalue weighted by molar-refractivity contribution is -0.136. The molecule has 0 atom stereocenters. The van der Waals surface area contributed by atoms with E-state index in [1.165, 1.54) is 4.57 Å². The van der Waals surface area contributed by atoms with E-state index in [1.54, 1.807) is 31.2 Å². The van der Waals surface area contributed by atoms with E-state index in [2.05, 4.69) is 0 Å². The second-order valence-electron chi connectivity index (χ2n) is 3.83. The highest BCUT2D eigenvalue weighted by Crippen LogP contribution is 2.25. The van der Waals surface area contributed by atoms with E-state index < -0.39 is 12.0 Å². The minimum Gasteiger partial charge on any atom is -0.481 e. The summed E-state index contributed by atoms with van der Waals surface area (Å²) in [6.45, 7) is 1.70. The summed E-state index contributed by atoms with van der Waals surface area (Å²) in [5, 5.41) is 9.63. The van der Waals surface area contributed by atoms with E-state index in [-0.39, 0.29) is 6.42 Å². The molecule has 1 heterocycles. The highest BCUT2D eigenvalue weighted by Gasteiger charge is 2.18. The van der Waals surface area contributed by atoms with Gasteiger partial charge in [-0.25, -0.2) is 4.79 Å². The fraction of sp³-hybridized carbons (Fsp3) is 0.167. The van der Waals surface area contributed by atoms with Crippen LogP contribution in [0.1, 0.15) is 11.3 Å². The summed E-state index contributed by atoms with van der Waals surface area (Å²) in [5.41, 5.74) is 7.16. The van der Waals surface area contributed by atoms with Gasteiger partial charge in [0.2, 0.25) is 0 Å². The summed E-state index contributed by atoms with van der Waals surface area (Å²) in [7, 11) is 0. The average molecular weight is 232 g/mol. The number of aliphatic carboxylic acids is 1. The Bertz CT molecular complexity index is 613. The van der Waals surface area contributed by atoms with Crippen LogP contribution in [0.3, 0.4) is 0 Å². The van der Waals surface area contributed by atoms with Crippen LogP contribution in [-0.2, 0) is 11.2 Å². The Kier molecular flexibility index (Phi) is 2.59. The van der Waals surface area contributed by atoms with Crippen LogP contribution in [0.15, 0.2) is 24.3 Å². The maximum Gasteiger partial charge on any atom is 0.323 e. The van der Waals surface area contributed by atoms with Gasteiger partial charge in [0, 0.05) is 11.1 Å². The van der Waals surface area contributed by atoms with Crippen LogP contribution < -0.4 is 5.73 Å². The topological polar surface area (TPSA) is 85.3 Å². The highest BCUT2D eigenvalue weighted by molar-refractivity contribution is 5.96. The van der Waals surface area contributed by atoms with E-state index >= 15 is 0 Å². The van der Waals surface area contributed by atoms with Gasteiger partial charge in [-0.1, -0.05) is 18.2 Å². The van der Waals surface area contributed by atoms with Gasteiger partial charge in [-0.2, -0.15) is 0 Å². The molecule has 1 aromatic carbocycles. The third kappa shape index (κ3) is 1.75. The molecule has 3 N–H and O–H groups in total. The predicted molar refractivity (Wildman–Crippen MR) is 63.0 cm³/mol. The second kappa shape index (κ2) is 3.93. The molecule has 1 aromatic heterocycles. The Morgan fingerprint density at radius 3 is 2.59 bits per heavy atom. The first kappa shape index (κ1) is 11.2. The number of carboxylic acids is 1. The van der Waals surface area contributed by atoms with Crippen LogP contribution in [0, 0.1) is 6.92 Å². The van der Waals surface area contributed by atoms with Gasteiger partial charge in [-0.05, 0) is 18.6 Å². The lowest BCUT2D eigenvalue weighted by atomic mass is 10.1. The number of nitrogens with zero attached hydrogens (tertiary/aromatic N) is 1. The van der Waals surface area contributed by atoms with Crippen LogP contribution in [0.25, 0.3) is 10.9 Å². The van der Waals surface area contributed by atoms with Gasteiger partial charge in [-0.15, -0.1) is 0 Å². The zero-order valence-electron chi connectivity index (χ0n) is 9.30. The van der Waals surface area contributed by atoms with Gasteiger partial charge < -0.3 is 10.8 Å². The fourth-order valence-electron chi connectivity index (χ4n) is 2.09. The molecule has 1 amide bonds. The number of carboxylic acid groups (broad SMARTS) is 1. The van der Waals surface area contributed by atoms with Crippen molar-refractivity contribution in [3.05, 3.63) is 35.5 Å². The number of hydrogen-bond donors (Lipinski definition) is 2. The van der Waals surface area contributed by atoms with E-state index in [9.17, 15) is 9.59 Å². The molecule has 0 aliphatic rings. The Balaban J connectivity index is 2.79. The molecule has 0 bridgehead atoms. The molecule has 0 radical (unpaired) electrons. The molecule has 88 valence electrons. The first-order valence-corrected chi connectivity index (χ1v) is 5.13. The fourth-order valence-corrected chi connectivity index (χ4v) is 2.09. The lowest BCUT2D eigenvalue weighted by Crippen LogP contribution is -2.20. The molecule has 0 saturated heterocycles. The van der Waals surface area contributed by atoms with Crippen molar-refractivity contribution in [3.8, 4) is 0 Å². The molecular weight excluding hydrogens is 220 g/mol. The standard InChI is InChI=1S/C12H12N2O3/c1-7-9(6-11(15)16)8-4-2-3-5-10(8)14(7)12(13)17/h2-5H,6H2,1H3,(H2,13,17)(H,15,16). The number of carbonyl (C=O) groups is 2. The largest absolute Gasteiger partial charge is 0.481 e. The molecule has 0 aliphatic carbocycles. The van der Waals surface area contributed by atoms with Gasteiger partial charge in [0.05, 0.1) is 11.9 Å². The predicted octanol–water partition coefficient (Wildman–Crippen LogP) is 1.50. The molecule has 5 nitrogen and oxygen atoms in total. The summed E-state index contributed by atoms with van der Waals surface area (Å²) in [5.74, 6) is -0.930. The molecule has 5 heteroatoms. The molecule has 0 aliphatic heterocycles. The SMILES string of the molecule is Cc1c(CC(=O)O)c2ccccc2n1C(N)=O. The zero-order chi connectivity index (χ0) is 12.6. The summed E-state index contributed by atoms with van der Waals surface area (Å²) < 4.78 is 1.34. The molecule has 2 rings (SSSR count). The lowest BCUT2D eigenvalue weighted by Gasteiger charge is -2.01.